The highest BCUT2D eigenvalue weighted by molar-refractivity contribution is 6.40. The Labute approximate surface area is 168 Å². The molecule has 1 heterocycles. The number of carbonyl (C=O) groups excluding carboxylic acids is 2. The summed E-state index contributed by atoms with van der Waals surface area (Å²) in [4.78, 5) is 16.2. The zero-order chi connectivity index (χ0) is 20.4. The van der Waals surface area contributed by atoms with E-state index in [0.717, 1.165) is 31.7 Å². The minimum Gasteiger partial charge on any atom is -0.427 e. The Bertz CT molecular complexity index is 616. The fraction of sp³-hybridized carbons (Fsp3) is 0.667. The van der Waals surface area contributed by atoms with Gasteiger partial charge in [-0.2, -0.15) is 9.59 Å². The number of nitrogens with two attached hydrogens (primary N) is 1. The largest absolute Gasteiger partial charge is 0.451 e. The molecule has 1 aliphatic carbocycles. The van der Waals surface area contributed by atoms with E-state index in [9.17, 15) is 0 Å². The molecule has 0 bridgehead atoms. The second kappa shape index (κ2) is 12.1. The summed E-state index contributed by atoms with van der Waals surface area (Å²) in [7, 11) is -1.16. The van der Waals surface area contributed by atoms with Crippen LogP contribution in [0.5, 0.6) is 0 Å². The highest BCUT2D eigenvalue weighted by Crippen LogP contribution is 2.40. The third-order valence-electron chi connectivity index (χ3n) is 6.22. The fourth-order valence-electron chi connectivity index (χ4n) is 4.48. The normalized spacial score (nSPS) is 24.0. The SMILES string of the molecule is NC(CCCCB(O)O)C1CC(CC[C@@H]2Cc3ccccc3CN2)C1.O=C=O. The van der Waals surface area contributed by atoms with Crippen molar-refractivity contribution in [2.45, 2.75) is 76.3 Å². The van der Waals surface area contributed by atoms with E-state index in [1.54, 1.807) is 0 Å². The van der Waals surface area contributed by atoms with Gasteiger partial charge in [0.1, 0.15) is 0 Å². The molecule has 1 saturated carbocycles. The maximum absolute atomic E-state index is 8.86. The van der Waals surface area contributed by atoms with Crippen molar-refractivity contribution in [2.24, 2.45) is 17.6 Å². The molecule has 7 heteroatoms. The van der Waals surface area contributed by atoms with Gasteiger partial charge in [0.05, 0.1) is 0 Å². The van der Waals surface area contributed by atoms with Gasteiger partial charge < -0.3 is 21.1 Å². The van der Waals surface area contributed by atoms with Crippen molar-refractivity contribution in [1.29, 1.82) is 0 Å². The zero-order valence-electron chi connectivity index (χ0n) is 16.6. The molecule has 3 rings (SSSR count). The molecule has 1 aromatic carbocycles. The molecule has 1 aliphatic heterocycles. The molecule has 0 aromatic heterocycles. The van der Waals surface area contributed by atoms with Crippen LogP contribution in [0.3, 0.4) is 0 Å². The van der Waals surface area contributed by atoms with Crippen molar-refractivity contribution >= 4 is 13.3 Å². The lowest BCUT2D eigenvalue weighted by Crippen LogP contribution is -2.40. The Kier molecular flexibility index (Phi) is 9.89. The van der Waals surface area contributed by atoms with E-state index in [1.165, 1.54) is 43.2 Å². The summed E-state index contributed by atoms with van der Waals surface area (Å²) in [5.74, 6) is 1.54. The Morgan fingerprint density at radius 2 is 1.82 bits per heavy atom. The van der Waals surface area contributed by atoms with Crippen molar-refractivity contribution in [3.63, 3.8) is 0 Å². The molecule has 154 valence electrons. The molecule has 2 atom stereocenters. The van der Waals surface area contributed by atoms with Gasteiger partial charge in [-0.25, -0.2) is 0 Å². The monoisotopic (exact) mass is 388 g/mol. The Hall–Kier alpha value is -1.50. The number of nitrogens with one attached hydrogen (secondary N) is 1. The predicted molar refractivity (Wildman–Crippen MR) is 108 cm³/mol. The van der Waals surface area contributed by atoms with Crippen LogP contribution in [-0.2, 0) is 22.6 Å². The lowest BCUT2D eigenvalue weighted by atomic mass is 9.68. The van der Waals surface area contributed by atoms with Crippen LogP contribution in [0.25, 0.3) is 0 Å². The highest BCUT2D eigenvalue weighted by atomic mass is 16.4. The molecule has 0 spiro atoms. The van der Waals surface area contributed by atoms with Crippen molar-refractivity contribution < 1.29 is 19.6 Å². The van der Waals surface area contributed by atoms with Crippen LogP contribution < -0.4 is 11.1 Å². The molecule has 28 heavy (non-hydrogen) atoms. The summed E-state index contributed by atoms with van der Waals surface area (Å²) in [6.45, 7) is 1.02. The molecule has 5 N–H and O–H groups in total. The molecule has 1 fully saturated rings. The van der Waals surface area contributed by atoms with E-state index in [1.807, 2.05) is 0 Å². The first kappa shape index (κ1) is 22.8. The molecular formula is C21H33BN2O4. The summed E-state index contributed by atoms with van der Waals surface area (Å²) in [6, 6.07) is 9.72. The van der Waals surface area contributed by atoms with E-state index in [-0.39, 0.29) is 6.15 Å². The lowest BCUT2D eigenvalue weighted by Gasteiger charge is -2.40. The Morgan fingerprint density at radius 1 is 1.14 bits per heavy atom. The van der Waals surface area contributed by atoms with Gasteiger partial charge in [-0.05, 0) is 67.8 Å². The lowest BCUT2D eigenvalue weighted by molar-refractivity contribution is -0.191. The number of fused-ring (bicyclic) bond motifs is 1. The van der Waals surface area contributed by atoms with Crippen LogP contribution in [0.1, 0.15) is 56.1 Å². The predicted octanol–water partition coefficient (Wildman–Crippen LogP) is 1.89. The third-order valence-corrected chi connectivity index (χ3v) is 6.22. The molecule has 6 nitrogen and oxygen atoms in total. The van der Waals surface area contributed by atoms with Gasteiger partial charge in [-0.3, -0.25) is 0 Å². The zero-order valence-corrected chi connectivity index (χ0v) is 16.6. The van der Waals surface area contributed by atoms with E-state index in [2.05, 4.69) is 29.6 Å². The first-order valence-corrected chi connectivity index (χ1v) is 10.4. The molecule has 0 amide bonds. The van der Waals surface area contributed by atoms with Crippen molar-refractivity contribution in [1.82, 2.24) is 5.32 Å². The summed E-state index contributed by atoms with van der Waals surface area (Å²) in [5, 5.41) is 21.4. The van der Waals surface area contributed by atoms with Gasteiger partial charge in [0.2, 0.25) is 0 Å². The smallest absolute Gasteiger partial charge is 0.427 e. The third kappa shape index (κ3) is 7.49. The average Bonchev–Trinajstić information content (AvgIpc) is 2.64. The minimum absolute atomic E-state index is 0.250. The average molecular weight is 388 g/mol. The standard InChI is InChI=1S/C20H33BN2O2.CO2/c22-20(7-3-4-10-21(24)25)18-11-15(12-18)8-9-19-13-16-5-1-2-6-17(16)14-23-19;2-1-3/h1-2,5-6,15,18-20,23-25H,3-4,7-14,22H2;/t15?,18?,19-,20?;/m1./s1. The van der Waals surface area contributed by atoms with E-state index < -0.39 is 7.12 Å². The first-order chi connectivity index (χ1) is 13.5. The quantitative estimate of drug-likeness (QED) is 0.380. The van der Waals surface area contributed by atoms with Gasteiger partial charge in [0.15, 0.2) is 0 Å². The highest BCUT2D eigenvalue weighted by Gasteiger charge is 2.33. The van der Waals surface area contributed by atoms with Gasteiger partial charge >= 0.3 is 13.3 Å². The van der Waals surface area contributed by atoms with Crippen LogP contribution in [0.15, 0.2) is 24.3 Å². The topological polar surface area (TPSA) is 113 Å². The van der Waals surface area contributed by atoms with E-state index >= 15 is 0 Å². The Balaban J connectivity index is 0.000000878. The van der Waals surface area contributed by atoms with Crippen molar-refractivity contribution in [2.75, 3.05) is 0 Å². The summed E-state index contributed by atoms with van der Waals surface area (Å²) in [6.07, 6.45) is 9.93. The molecule has 1 unspecified atom stereocenters. The number of unbranched alkanes of at least 4 members (excludes halogenated alkanes) is 1. The maximum Gasteiger partial charge on any atom is 0.451 e. The number of rotatable bonds is 9. The van der Waals surface area contributed by atoms with E-state index in [0.29, 0.717) is 24.3 Å². The van der Waals surface area contributed by atoms with Crippen LogP contribution in [0, 0.1) is 11.8 Å². The van der Waals surface area contributed by atoms with E-state index in [4.69, 9.17) is 25.4 Å². The molecular weight excluding hydrogens is 355 g/mol. The Morgan fingerprint density at radius 3 is 2.50 bits per heavy atom. The molecule has 2 aliphatic rings. The number of hydrogen-bond acceptors (Lipinski definition) is 6. The van der Waals surface area contributed by atoms with Crippen LogP contribution in [0.4, 0.5) is 0 Å². The van der Waals surface area contributed by atoms with Gasteiger partial charge in [0.25, 0.3) is 0 Å². The second-order valence-electron chi connectivity index (χ2n) is 8.24. The molecule has 0 saturated heterocycles. The van der Waals surface area contributed by atoms with Crippen LogP contribution >= 0.6 is 0 Å². The van der Waals surface area contributed by atoms with Crippen LogP contribution in [-0.4, -0.2) is 35.4 Å². The summed E-state index contributed by atoms with van der Waals surface area (Å²) < 4.78 is 0. The maximum atomic E-state index is 8.86. The van der Waals surface area contributed by atoms with Crippen LogP contribution in [0.2, 0.25) is 6.32 Å². The van der Waals surface area contributed by atoms with Crippen molar-refractivity contribution in [3.05, 3.63) is 35.4 Å². The van der Waals surface area contributed by atoms with Gasteiger partial charge in [-0.1, -0.05) is 37.1 Å². The minimum atomic E-state index is -1.16. The van der Waals surface area contributed by atoms with Crippen molar-refractivity contribution in [3.8, 4) is 0 Å². The van der Waals surface area contributed by atoms with Gasteiger partial charge in [-0.15, -0.1) is 0 Å². The molecule has 0 radical (unpaired) electrons. The summed E-state index contributed by atoms with van der Waals surface area (Å²) in [5.41, 5.74) is 9.29. The first-order valence-electron chi connectivity index (χ1n) is 10.4. The number of hydrogen-bond donors (Lipinski definition) is 4. The summed E-state index contributed by atoms with van der Waals surface area (Å²) >= 11 is 0. The second-order valence-corrected chi connectivity index (χ2v) is 8.24. The fourth-order valence-corrected chi connectivity index (χ4v) is 4.48. The molecule has 1 aromatic rings. The van der Waals surface area contributed by atoms with Gasteiger partial charge in [0, 0.05) is 18.6 Å². The number of benzene rings is 1.